The predicted octanol–water partition coefficient (Wildman–Crippen LogP) is 3.31. The minimum absolute atomic E-state index is 0.0368. The first-order chi connectivity index (χ1) is 12.0. The highest BCUT2D eigenvalue weighted by molar-refractivity contribution is 5.90. The molecule has 8 heteroatoms. The van der Waals surface area contributed by atoms with Crippen LogP contribution in [-0.2, 0) is 6.54 Å². The Hall–Kier alpha value is -3.03. The van der Waals surface area contributed by atoms with E-state index < -0.39 is 17.7 Å². The summed E-state index contributed by atoms with van der Waals surface area (Å²) in [7, 11) is 4.39. The molecule has 2 amide bonds. The molecule has 0 aliphatic rings. The summed E-state index contributed by atoms with van der Waals surface area (Å²) in [5.41, 5.74) is 0.704. The van der Waals surface area contributed by atoms with E-state index in [9.17, 15) is 13.6 Å². The molecule has 0 aromatic heterocycles. The highest BCUT2D eigenvalue weighted by atomic mass is 19.1. The molecule has 0 heterocycles. The minimum atomic E-state index is -0.707. The molecule has 0 saturated heterocycles. The van der Waals surface area contributed by atoms with Gasteiger partial charge in [0.25, 0.3) is 0 Å². The van der Waals surface area contributed by atoms with Gasteiger partial charge in [-0.2, -0.15) is 0 Å². The number of ether oxygens (including phenoxy) is 3. The van der Waals surface area contributed by atoms with E-state index in [1.54, 1.807) is 12.1 Å². The molecule has 0 radical (unpaired) electrons. The van der Waals surface area contributed by atoms with E-state index in [2.05, 4.69) is 10.6 Å². The average Bonchev–Trinajstić information content (AvgIpc) is 2.58. The van der Waals surface area contributed by atoms with E-state index in [0.29, 0.717) is 28.5 Å². The van der Waals surface area contributed by atoms with E-state index >= 15 is 0 Å². The smallest absolute Gasteiger partial charge is 0.319 e. The zero-order chi connectivity index (χ0) is 18.4. The molecule has 0 fully saturated rings. The molecule has 0 atom stereocenters. The Labute approximate surface area is 143 Å². The third-order valence-electron chi connectivity index (χ3n) is 3.30. The number of hydrogen-bond acceptors (Lipinski definition) is 4. The fraction of sp³-hybridized carbons (Fsp3) is 0.235. The van der Waals surface area contributed by atoms with Gasteiger partial charge in [0, 0.05) is 24.7 Å². The summed E-state index contributed by atoms with van der Waals surface area (Å²) in [4.78, 5) is 12.0. The number of hydrogen-bond donors (Lipinski definition) is 2. The summed E-state index contributed by atoms with van der Waals surface area (Å²) in [5.74, 6) is -0.261. The first kappa shape index (κ1) is 18.3. The fourth-order valence-electron chi connectivity index (χ4n) is 2.22. The van der Waals surface area contributed by atoms with Crippen LogP contribution in [0.15, 0.2) is 30.3 Å². The van der Waals surface area contributed by atoms with Crippen LogP contribution < -0.4 is 24.8 Å². The number of urea groups is 1. The van der Waals surface area contributed by atoms with Crippen molar-refractivity contribution >= 4 is 11.7 Å². The molecule has 0 spiro atoms. The van der Waals surface area contributed by atoms with Crippen LogP contribution in [0.2, 0.25) is 0 Å². The zero-order valence-electron chi connectivity index (χ0n) is 14.0. The second-order valence-electron chi connectivity index (χ2n) is 5.00. The van der Waals surface area contributed by atoms with E-state index in [1.807, 2.05) is 0 Å². The first-order valence-corrected chi connectivity index (χ1v) is 7.26. The lowest BCUT2D eigenvalue weighted by Crippen LogP contribution is -2.28. The van der Waals surface area contributed by atoms with Gasteiger partial charge in [-0.15, -0.1) is 0 Å². The lowest BCUT2D eigenvalue weighted by molar-refractivity contribution is 0.251. The van der Waals surface area contributed by atoms with Crippen LogP contribution in [0.25, 0.3) is 0 Å². The largest absolute Gasteiger partial charge is 0.493 e. The van der Waals surface area contributed by atoms with Crippen LogP contribution in [0, 0.1) is 11.6 Å². The van der Waals surface area contributed by atoms with Crippen LogP contribution in [-0.4, -0.2) is 27.4 Å². The van der Waals surface area contributed by atoms with Crippen molar-refractivity contribution in [3.8, 4) is 17.2 Å². The number of carbonyl (C=O) groups excluding carboxylic acids is 1. The second kappa shape index (κ2) is 8.18. The van der Waals surface area contributed by atoms with Crippen molar-refractivity contribution in [1.82, 2.24) is 5.32 Å². The van der Waals surface area contributed by atoms with Crippen LogP contribution in [0.1, 0.15) is 5.56 Å². The lowest BCUT2D eigenvalue weighted by Gasteiger charge is -2.15. The number of methoxy groups -OCH3 is 3. The minimum Gasteiger partial charge on any atom is -0.493 e. The van der Waals surface area contributed by atoms with Crippen molar-refractivity contribution < 1.29 is 27.8 Å². The van der Waals surface area contributed by atoms with Gasteiger partial charge in [0.2, 0.25) is 5.75 Å². The van der Waals surface area contributed by atoms with Crippen molar-refractivity contribution in [2.45, 2.75) is 6.54 Å². The van der Waals surface area contributed by atoms with Gasteiger partial charge in [-0.05, 0) is 17.7 Å². The van der Waals surface area contributed by atoms with Gasteiger partial charge >= 0.3 is 6.03 Å². The van der Waals surface area contributed by atoms with Gasteiger partial charge in [0.05, 0.1) is 27.0 Å². The molecule has 134 valence electrons. The summed E-state index contributed by atoms with van der Waals surface area (Å²) in [6.07, 6.45) is 0. The number of carbonyl (C=O) groups is 1. The van der Waals surface area contributed by atoms with Crippen LogP contribution >= 0.6 is 0 Å². The van der Waals surface area contributed by atoms with E-state index in [-0.39, 0.29) is 6.54 Å². The summed E-state index contributed by atoms with van der Waals surface area (Å²) < 4.78 is 41.8. The second-order valence-corrected chi connectivity index (χ2v) is 5.00. The van der Waals surface area contributed by atoms with Gasteiger partial charge in [-0.1, -0.05) is 0 Å². The van der Waals surface area contributed by atoms with E-state index in [4.69, 9.17) is 14.2 Å². The molecular weight excluding hydrogens is 334 g/mol. The Morgan fingerprint density at radius 2 is 1.48 bits per heavy atom. The van der Waals surface area contributed by atoms with Crippen molar-refractivity contribution in [2.75, 3.05) is 26.6 Å². The highest BCUT2D eigenvalue weighted by Gasteiger charge is 2.14. The van der Waals surface area contributed by atoms with Gasteiger partial charge in [0.1, 0.15) is 11.6 Å². The maximum Gasteiger partial charge on any atom is 0.319 e. The molecule has 25 heavy (non-hydrogen) atoms. The first-order valence-electron chi connectivity index (χ1n) is 7.26. The number of rotatable bonds is 6. The fourth-order valence-corrected chi connectivity index (χ4v) is 2.22. The molecule has 0 bridgehead atoms. The number of benzene rings is 2. The maximum atomic E-state index is 13.1. The summed E-state index contributed by atoms with van der Waals surface area (Å²) in [6, 6.07) is 5.61. The van der Waals surface area contributed by atoms with Crippen LogP contribution in [0.3, 0.4) is 0 Å². The Kier molecular flexibility index (Phi) is 5.99. The standard InChI is InChI=1S/C17H18F2N2O4/c1-23-14-7-13(8-15(24-2)16(14)25-3)21-17(22)20-9-10-4-11(18)6-12(19)5-10/h4-8H,9H2,1-3H3,(H2,20,21,22). The van der Waals surface area contributed by atoms with Crippen molar-refractivity contribution in [3.05, 3.63) is 47.5 Å². The number of amides is 2. The highest BCUT2D eigenvalue weighted by Crippen LogP contribution is 2.39. The number of nitrogens with one attached hydrogen (secondary N) is 2. The Morgan fingerprint density at radius 1 is 0.920 bits per heavy atom. The third-order valence-corrected chi connectivity index (χ3v) is 3.30. The molecule has 2 rings (SSSR count). The molecule has 0 aliphatic carbocycles. The topological polar surface area (TPSA) is 68.8 Å². The van der Waals surface area contributed by atoms with Gasteiger partial charge in [-0.3, -0.25) is 0 Å². The average molecular weight is 352 g/mol. The summed E-state index contributed by atoms with van der Waals surface area (Å²) >= 11 is 0. The Bertz CT molecular complexity index is 723. The van der Waals surface area contributed by atoms with Crippen LogP contribution in [0.5, 0.6) is 17.2 Å². The molecule has 0 unspecified atom stereocenters. The maximum absolute atomic E-state index is 13.1. The zero-order valence-corrected chi connectivity index (χ0v) is 14.0. The molecule has 2 aromatic rings. The molecule has 2 aromatic carbocycles. The van der Waals surface area contributed by atoms with Crippen LogP contribution in [0.4, 0.5) is 19.3 Å². The number of halogens is 2. The number of anilines is 1. The van der Waals surface area contributed by atoms with Gasteiger partial charge in [0.15, 0.2) is 11.5 Å². The molecule has 6 nitrogen and oxygen atoms in total. The third kappa shape index (κ3) is 4.72. The van der Waals surface area contributed by atoms with Gasteiger partial charge in [-0.25, -0.2) is 13.6 Å². The van der Waals surface area contributed by atoms with Crippen molar-refractivity contribution in [2.24, 2.45) is 0 Å². The van der Waals surface area contributed by atoms with Crippen molar-refractivity contribution in [1.29, 1.82) is 0 Å². The lowest BCUT2D eigenvalue weighted by atomic mass is 10.2. The monoisotopic (exact) mass is 352 g/mol. The van der Waals surface area contributed by atoms with E-state index in [1.165, 1.54) is 21.3 Å². The Balaban J connectivity index is 2.07. The molecular formula is C17H18F2N2O4. The van der Waals surface area contributed by atoms with Crippen molar-refractivity contribution in [3.63, 3.8) is 0 Å². The summed E-state index contributed by atoms with van der Waals surface area (Å²) in [5, 5.41) is 5.10. The SMILES string of the molecule is COc1cc(NC(=O)NCc2cc(F)cc(F)c2)cc(OC)c1OC. The molecule has 0 aliphatic heterocycles. The van der Waals surface area contributed by atoms with E-state index in [0.717, 1.165) is 18.2 Å². The molecule has 2 N–H and O–H groups in total. The summed E-state index contributed by atoms with van der Waals surface area (Å²) in [6.45, 7) is -0.0368. The predicted molar refractivity (Wildman–Crippen MR) is 88.3 cm³/mol. The Morgan fingerprint density at radius 3 is 1.96 bits per heavy atom. The quantitative estimate of drug-likeness (QED) is 0.837. The normalized spacial score (nSPS) is 10.1. The van der Waals surface area contributed by atoms with Gasteiger partial charge < -0.3 is 24.8 Å². The molecule has 0 saturated carbocycles.